The molecule has 1 saturated heterocycles. The van der Waals surface area contributed by atoms with E-state index < -0.39 is 0 Å². The molecular weight excluding hydrogens is 294 g/mol. The van der Waals surface area contributed by atoms with Gasteiger partial charge in [0.15, 0.2) is 0 Å². The van der Waals surface area contributed by atoms with Gasteiger partial charge < -0.3 is 19.5 Å². The second-order valence-electron chi connectivity index (χ2n) is 6.53. The van der Waals surface area contributed by atoms with E-state index in [0.29, 0.717) is 13.1 Å². The predicted octanol–water partition coefficient (Wildman–Crippen LogP) is 1.17. The Morgan fingerprint density at radius 2 is 2.09 bits per heavy atom. The van der Waals surface area contributed by atoms with Crippen LogP contribution in [-0.2, 0) is 4.74 Å². The molecule has 0 bridgehead atoms. The van der Waals surface area contributed by atoms with Gasteiger partial charge in [0.1, 0.15) is 5.56 Å². The predicted molar refractivity (Wildman–Crippen MR) is 90.0 cm³/mol. The van der Waals surface area contributed by atoms with Crippen LogP contribution in [0, 0.1) is 13.8 Å². The molecule has 0 aromatic carbocycles. The molecule has 2 heterocycles. The number of aromatic amines is 1. The third-order valence-corrected chi connectivity index (χ3v) is 4.13. The highest BCUT2D eigenvalue weighted by Gasteiger charge is 2.26. The number of aryl methyl sites for hydroxylation is 2. The lowest BCUT2D eigenvalue weighted by Gasteiger charge is -2.27. The Kier molecular flexibility index (Phi) is 5.96. The number of H-pyrrole nitrogens is 1. The highest BCUT2D eigenvalue weighted by Crippen LogP contribution is 2.15. The van der Waals surface area contributed by atoms with Crippen LogP contribution < -0.4 is 5.56 Å². The van der Waals surface area contributed by atoms with E-state index >= 15 is 0 Å². The summed E-state index contributed by atoms with van der Waals surface area (Å²) in [7, 11) is 3.94. The standard InChI is InChI=1S/C17H27N3O3/c1-12-10-13(2)18-16(21)15(12)17(22)20(8-7-19(3)4)11-14-6-5-9-23-14/h10,14H,5-9,11H2,1-4H3,(H,18,21). The molecule has 2 rings (SSSR count). The number of ether oxygens (including phenoxy) is 1. The third kappa shape index (κ3) is 4.65. The first-order valence-corrected chi connectivity index (χ1v) is 8.14. The number of hydrogen-bond donors (Lipinski definition) is 1. The average molecular weight is 321 g/mol. The first-order chi connectivity index (χ1) is 10.9. The fourth-order valence-electron chi connectivity index (χ4n) is 2.91. The van der Waals surface area contributed by atoms with Crippen LogP contribution in [0.1, 0.15) is 34.5 Å². The maximum absolute atomic E-state index is 12.9. The van der Waals surface area contributed by atoms with Crippen LogP contribution in [0.15, 0.2) is 10.9 Å². The normalized spacial score (nSPS) is 17.7. The molecule has 1 atom stereocenters. The SMILES string of the molecule is Cc1cc(C)c(C(=O)N(CCN(C)C)CC2CCCO2)c(=O)[nH]1. The summed E-state index contributed by atoms with van der Waals surface area (Å²) in [5.74, 6) is -0.207. The van der Waals surface area contributed by atoms with Gasteiger partial charge in [-0.2, -0.15) is 0 Å². The van der Waals surface area contributed by atoms with Gasteiger partial charge in [0.05, 0.1) is 6.10 Å². The quantitative estimate of drug-likeness (QED) is 0.854. The van der Waals surface area contributed by atoms with Crippen molar-refractivity contribution in [1.29, 1.82) is 0 Å². The van der Waals surface area contributed by atoms with Gasteiger partial charge in [0, 0.05) is 31.9 Å². The summed E-state index contributed by atoms with van der Waals surface area (Å²) in [5.41, 5.74) is 1.42. The van der Waals surface area contributed by atoms with Crippen LogP contribution in [0.5, 0.6) is 0 Å². The zero-order chi connectivity index (χ0) is 17.0. The highest BCUT2D eigenvalue weighted by atomic mass is 16.5. The van der Waals surface area contributed by atoms with E-state index in [2.05, 4.69) is 4.98 Å². The van der Waals surface area contributed by atoms with Crippen LogP contribution in [0.25, 0.3) is 0 Å². The number of aromatic nitrogens is 1. The summed E-state index contributed by atoms with van der Waals surface area (Å²) >= 11 is 0. The molecule has 1 aromatic rings. The summed E-state index contributed by atoms with van der Waals surface area (Å²) < 4.78 is 5.66. The molecule has 1 N–H and O–H groups in total. The van der Waals surface area contributed by atoms with E-state index in [0.717, 1.165) is 37.3 Å². The molecule has 1 amide bonds. The van der Waals surface area contributed by atoms with Gasteiger partial charge in [-0.25, -0.2) is 0 Å². The van der Waals surface area contributed by atoms with Crippen molar-refractivity contribution in [2.45, 2.75) is 32.8 Å². The minimum Gasteiger partial charge on any atom is -0.376 e. The van der Waals surface area contributed by atoms with Crippen molar-refractivity contribution in [2.24, 2.45) is 0 Å². The molecule has 6 heteroatoms. The summed E-state index contributed by atoms with van der Waals surface area (Å²) in [4.78, 5) is 31.7. The Bertz CT molecular complexity index is 604. The molecule has 1 aliphatic heterocycles. The van der Waals surface area contributed by atoms with E-state index in [9.17, 15) is 9.59 Å². The molecule has 0 spiro atoms. The number of carbonyl (C=O) groups excluding carboxylic acids is 1. The van der Waals surface area contributed by atoms with E-state index in [1.165, 1.54) is 0 Å². The first kappa shape index (κ1) is 17.7. The Morgan fingerprint density at radius 1 is 1.35 bits per heavy atom. The molecule has 0 radical (unpaired) electrons. The number of carbonyl (C=O) groups is 1. The summed E-state index contributed by atoms with van der Waals surface area (Å²) in [6, 6.07) is 1.84. The highest BCUT2D eigenvalue weighted by molar-refractivity contribution is 5.95. The van der Waals surface area contributed by atoms with Gasteiger partial charge in [0.2, 0.25) is 0 Å². The molecule has 0 saturated carbocycles. The lowest BCUT2D eigenvalue weighted by atomic mass is 10.1. The Hall–Kier alpha value is -1.66. The van der Waals surface area contributed by atoms with E-state index in [-0.39, 0.29) is 23.1 Å². The number of pyridine rings is 1. The smallest absolute Gasteiger partial charge is 0.261 e. The van der Waals surface area contributed by atoms with E-state index in [4.69, 9.17) is 4.74 Å². The van der Waals surface area contributed by atoms with Crippen molar-refractivity contribution < 1.29 is 9.53 Å². The third-order valence-electron chi connectivity index (χ3n) is 4.13. The zero-order valence-electron chi connectivity index (χ0n) is 14.5. The van der Waals surface area contributed by atoms with Gasteiger partial charge in [-0.15, -0.1) is 0 Å². The zero-order valence-corrected chi connectivity index (χ0v) is 14.5. The average Bonchev–Trinajstić information content (AvgIpc) is 2.94. The second kappa shape index (κ2) is 7.75. The van der Waals surface area contributed by atoms with Crippen molar-refractivity contribution in [3.8, 4) is 0 Å². The van der Waals surface area contributed by atoms with Gasteiger partial charge in [-0.1, -0.05) is 0 Å². The van der Waals surface area contributed by atoms with Crippen LogP contribution in [-0.4, -0.2) is 67.1 Å². The molecule has 1 unspecified atom stereocenters. The maximum Gasteiger partial charge on any atom is 0.261 e. The number of nitrogens with zero attached hydrogens (tertiary/aromatic N) is 2. The van der Waals surface area contributed by atoms with Crippen molar-refractivity contribution in [1.82, 2.24) is 14.8 Å². The number of hydrogen-bond acceptors (Lipinski definition) is 4. The maximum atomic E-state index is 12.9. The summed E-state index contributed by atoms with van der Waals surface area (Å²) in [5, 5.41) is 0. The van der Waals surface area contributed by atoms with Crippen molar-refractivity contribution >= 4 is 5.91 Å². The number of likely N-dealkylation sites (N-methyl/N-ethyl adjacent to an activating group) is 1. The van der Waals surface area contributed by atoms with Crippen LogP contribution in [0.3, 0.4) is 0 Å². The minimum absolute atomic E-state index is 0.0750. The Morgan fingerprint density at radius 3 is 2.65 bits per heavy atom. The van der Waals surface area contributed by atoms with Crippen molar-refractivity contribution in [3.63, 3.8) is 0 Å². The van der Waals surface area contributed by atoms with Gasteiger partial charge >= 0.3 is 0 Å². The van der Waals surface area contributed by atoms with Crippen molar-refractivity contribution in [2.75, 3.05) is 40.3 Å². The van der Waals surface area contributed by atoms with Crippen LogP contribution >= 0.6 is 0 Å². The molecule has 23 heavy (non-hydrogen) atoms. The fraction of sp³-hybridized carbons (Fsp3) is 0.647. The molecule has 1 aromatic heterocycles. The molecule has 128 valence electrons. The first-order valence-electron chi connectivity index (χ1n) is 8.14. The lowest BCUT2D eigenvalue weighted by molar-refractivity contribution is 0.0510. The number of amides is 1. The molecule has 1 fully saturated rings. The van der Waals surface area contributed by atoms with E-state index in [1.54, 1.807) is 4.90 Å². The molecule has 6 nitrogen and oxygen atoms in total. The summed E-state index contributed by atoms with van der Waals surface area (Å²) in [6.07, 6.45) is 2.07. The summed E-state index contributed by atoms with van der Waals surface area (Å²) in [6.45, 7) is 6.26. The largest absolute Gasteiger partial charge is 0.376 e. The van der Waals surface area contributed by atoms with Gasteiger partial charge in [-0.05, 0) is 52.4 Å². The molecule has 0 aliphatic carbocycles. The van der Waals surface area contributed by atoms with Crippen molar-refractivity contribution in [3.05, 3.63) is 33.2 Å². The van der Waals surface area contributed by atoms with Gasteiger partial charge in [0.25, 0.3) is 11.5 Å². The topological polar surface area (TPSA) is 65.6 Å². The molecular formula is C17H27N3O3. The Balaban J connectivity index is 2.22. The number of rotatable bonds is 6. The molecule has 1 aliphatic rings. The minimum atomic E-state index is -0.310. The lowest BCUT2D eigenvalue weighted by Crippen LogP contribution is -2.43. The van der Waals surface area contributed by atoms with Crippen LogP contribution in [0.4, 0.5) is 0 Å². The van der Waals surface area contributed by atoms with E-state index in [1.807, 2.05) is 38.9 Å². The number of nitrogens with one attached hydrogen (secondary N) is 1. The Labute approximate surface area is 137 Å². The fourth-order valence-corrected chi connectivity index (χ4v) is 2.91. The second-order valence-corrected chi connectivity index (χ2v) is 6.53. The van der Waals surface area contributed by atoms with Crippen LogP contribution in [0.2, 0.25) is 0 Å². The monoisotopic (exact) mass is 321 g/mol. The van der Waals surface area contributed by atoms with Gasteiger partial charge in [-0.3, -0.25) is 9.59 Å².